The van der Waals surface area contributed by atoms with Crippen LogP contribution in [-0.4, -0.2) is 53.6 Å². The summed E-state index contributed by atoms with van der Waals surface area (Å²) in [5.41, 5.74) is 1.72. The second-order valence-electron chi connectivity index (χ2n) is 9.25. The van der Waals surface area contributed by atoms with Gasteiger partial charge in [0, 0.05) is 24.5 Å². The molecule has 1 atom stereocenters. The highest BCUT2D eigenvalue weighted by Gasteiger charge is 2.46. The number of amides is 1. The highest BCUT2D eigenvalue weighted by molar-refractivity contribution is 6.46. The van der Waals surface area contributed by atoms with E-state index in [0.717, 1.165) is 18.4 Å². The molecular weight excluding hydrogens is 500 g/mol. The third-order valence-corrected chi connectivity index (χ3v) is 6.72. The second-order valence-corrected chi connectivity index (χ2v) is 9.25. The molecule has 1 N–H and O–H groups in total. The number of unbranched alkanes of at least 4 members (excludes halogenated alkanes) is 1. The average molecular weight is 531 g/mol. The first-order valence-electron chi connectivity index (χ1n) is 12.9. The van der Waals surface area contributed by atoms with E-state index in [-0.39, 0.29) is 17.9 Å². The molecule has 0 spiro atoms. The number of Topliss-reactive ketones (excluding diaryl/α,β-unsaturated/α-hetero) is 1. The molecular formula is C30H30N2O7. The molecule has 39 heavy (non-hydrogen) atoms. The zero-order valence-electron chi connectivity index (χ0n) is 21.9. The fourth-order valence-corrected chi connectivity index (χ4v) is 4.72. The molecule has 5 rings (SSSR count). The molecule has 1 aromatic heterocycles. The summed E-state index contributed by atoms with van der Waals surface area (Å²) in [6, 6.07) is 12.9. The molecule has 1 fully saturated rings. The molecule has 1 amide bonds. The lowest BCUT2D eigenvalue weighted by molar-refractivity contribution is -0.140. The van der Waals surface area contributed by atoms with Crippen LogP contribution >= 0.6 is 0 Å². The van der Waals surface area contributed by atoms with Crippen LogP contribution in [-0.2, 0) is 16.1 Å². The average Bonchev–Trinajstić information content (AvgIpc) is 3.22. The Bertz CT molecular complexity index is 1400. The maximum atomic E-state index is 13.5. The Labute approximate surface area is 226 Å². The van der Waals surface area contributed by atoms with E-state index in [0.29, 0.717) is 53.9 Å². The normalized spacial score (nSPS) is 17.8. The van der Waals surface area contributed by atoms with Gasteiger partial charge in [0.1, 0.15) is 19.0 Å². The van der Waals surface area contributed by atoms with Gasteiger partial charge in [0.2, 0.25) is 0 Å². The summed E-state index contributed by atoms with van der Waals surface area (Å²) in [6.07, 6.45) is 5.14. The van der Waals surface area contributed by atoms with Crippen LogP contribution in [0.2, 0.25) is 0 Å². The number of hydrogen-bond acceptors (Lipinski definition) is 8. The van der Waals surface area contributed by atoms with Gasteiger partial charge < -0.3 is 29.0 Å². The molecule has 0 radical (unpaired) electrons. The second kappa shape index (κ2) is 11.5. The number of ketones is 1. The summed E-state index contributed by atoms with van der Waals surface area (Å²) in [5.74, 6) is 0.265. The number of aromatic nitrogens is 1. The maximum Gasteiger partial charge on any atom is 0.295 e. The van der Waals surface area contributed by atoms with E-state index < -0.39 is 17.7 Å². The van der Waals surface area contributed by atoms with E-state index in [1.54, 1.807) is 60.9 Å². The quantitative estimate of drug-likeness (QED) is 0.184. The minimum atomic E-state index is -0.870. The van der Waals surface area contributed by atoms with Crippen molar-refractivity contribution >= 4 is 17.4 Å². The molecule has 2 aliphatic heterocycles. The zero-order chi connectivity index (χ0) is 27.4. The number of aliphatic hydroxyl groups excluding tert-OH is 1. The Morgan fingerprint density at radius 1 is 1.03 bits per heavy atom. The van der Waals surface area contributed by atoms with E-state index in [4.69, 9.17) is 18.9 Å². The Morgan fingerprint density at radius 3 is 2.54 bits per heavy atom. The maximum absolute atomic E-state index is 13.5. The van der Waals surface area contributed by atoms with Crippen molar-refractivity contribution in [2.75, 3.05) is 26.9 Å². The van der Waals surface area contributed by atoms with Gasteiger partial charge in [-0.25, -0.2) is 0 Å². The number of aliphatic hydroxyl groups is 1. The Kier molecular flexibility index (Phi) is 7.67. The fraction of sp³-hybridized carbons (Fsp3) is 0.300. The van der Waals surface area contributed by atoms with Crippen molar-refractivity contribution in [3.63, 3.8) is 0 Å². The van der Waals surface area contributed by atoms with Crippen molar-refractivity contribution in [1.29, 1.82) is 0 Å². The van der Waals surface area contributed by atoms with Crippen molar-refractivity contribution in [3.05, 3.63) is 83.2 Å². The molecule has 9 heteroatoms. The lowest BCUT2D eigenvalue weighted by Gasteiger charge is -2.26. The smallest absolute Gasteiger partial charge is 0.295 e. The van der Waals surface area contributed by atoms with Gasteiger partial charge in [-0.3, -0.25) is 14.6 Å². The minimum Gasteiger partial charge on any atom is -0.507 e. The van der Waals surface area contributed by atoms with Crippen LogP contribution in [0.25, 0.3) is 5.76 Å². The van der Waals surface area contributed by atoms with E-state index >= 15 is 0 Å². The van der Waals surface area contributed by atoms with Crippen LogP contribution in [0.1, 0.15) is 42.5 Å². The van der Waals surface area contributed by atoms with Crippen molar-refractivity contribution in [1.82, 2.24) is 9.88 Å². The number of carbonyl (C=O) groups excluding carboxylic acids is 2. The number of ether oxygens (including phenoxy) is 4. The van der Waals surface area contributed by atoms with Crippen LogP contribution in [0.15, 0.2) is 66.5 Å². The Hall–Kier alpha value is -4.53. The third-order valence-electron chi connectivity index (χ3n) is 6.72. The number of hydrogen-bond donors (Lipinski definition) is 1. The van der Waals surface area contributed by atoms with E-state index in [1.807, 2.05) is 0 Å². The first-order chi connectivity index (χ1) is 19.0. The van der Waals surface area contributed by atoms with Crippen LogP contribution < -0.4 is 18.9 Å². The predicted molar refractivity (Wildman–Crippen MR) is 143 cm³/mol. The number of fused-ring (bicyclic) bond motifs is 1. The highest BCUT2D eigenvalue weighted by Crippen LogP contribution is 2.43. The van der Waals surface area contributed by atoms with Crippen molar-refractivity contribution < 1.29 is 33.6 Å². The summed E-state index contributed by atoms with van der Waals surface area (Å²) in [4.78, 5) is 32.3. The van der Waals surface area contributed by atoms with Gasteiger partial charge in [0.05, 0.1) is 25.3 Å². The van der Waals surface area contributed by atoms with E-state index in [2.05, 4.69) is 11.9 Å². The number of nitrogens with zero attached hydrogens (tertiary/aromatic N) is 2. The number of methoxy groups -OCH3 is 1. The number of likely N-dealkylation sites (tertiary alicyclic amines) is 1. The van der Waals surface area contributed by atoms with E-state index in [1.165, 1.54) is 12.0 Å². The largest absolute Gasteiger partial charge is 0.507 e. The fourth-order valence-electron chi connectivity index (χ4n) is 4.72. The molecule has 1 unspecified atom stereocenters. The van der Waals surface area contributed by atoms with Crippen LogP contribution in [0.3, 0.4) is 0 Å². The topological polar surface area (TPSA) is 107 Å². The van der Waals surface area contributed by atoms with Gasteiger partial charge in [-0.15, -0.1) is 0 Å². The third kappa shape index (κ3) is 5.25. The number of carbonyl (C=O) groups is 2. The van der Waals surface area contributed by atoms with Crippen LogP contribution in [0, 0.1) is 0 Å². The summed E-state index contributed by atoms with van der Waals surface area (Å²) in [5, 5.41) is 11.5. The summed E-state index contributed by atoms with van der Waals surface area (Å²) in [6.45, 7) is 3.57. The van der Waals surface area contributed by atoms with Gasteiger partial charge in [0.25, 0.3) is 11.7 Å². The standard InChI is InChI=1S/C30H30N2O7/c1-3-4-13-37-22-7-5-20(16-24(22)36-2)27-26(28(33)21-6-8-23-25(17-21)39-15-14-38-23)29(34)30(35)32(27)18-19-9-11-31-12-10-19/h5-12,16-17,27,33H,3-4,13-15,18H2,1-2H3/b28-26+. The number of rotatable bonds is 9. The lowest BCUT2D eigenvalue weighted by Crippen LogP contribution is -2.29. The molecule has 0 saturated carbocycles. The van der Waals surface area contributed by atoms with Crippen molar-refractivity contribution in [2.24, 2.45) is 0 Å². The summed E-state index contributed by atoms with van der Waals surface area (Å²) < 4.78 is 22.7. The zero-order valence-corrected chi connectivity index (χ0v) is 21.9. The number of pyridine rings is 1. The SMILES string of the molecule is CCCCOc1ccc(C2/C(=C(\O)c3ccc4c(c3)OCCO4)C(=O)C(=O)N2Cc2ccncc2)cc1OC. The van der Waals surface area contributed by atoms with Crippen molar-refractivity contribution in [3.8, 4) is 23.0 Å². The monoisotopic (exact) mass is 530 g/mol. The molecule has 0 bridgehead atoms. The Morgan fingerprint density at radius 2 is 1.79 bits per heavy atom. The van der Waals surface area contributed by atoms with Gasteiger partial charge in [0.15, 0.2) is 23.0 Å². The molecule has 202 valence electrons. The Balaban J connectivity index is 1.61. The molecule has 0 aliphatic carbocycles. The molecule has 9 nitrogen and oxygen atoms in total. The summed E-state index contributed by atoms with van der Waals surface area (Å²) >= 11 is 0. The highest BCUT2D eigenvalue weighted by atomic mass is 16.6. The van der Waals surface area contributed by atoms with Crippen LogP contribution in [0.5, 0.6) is 23.0 Å². The van der Waals surface area contributed by atoms with Crippen LogP contribution in [0.4, 0.5) is 0 Å². The predicted octanol–water partition coefficient (Wildman–Crippen LogP) is 4.66. The van der Waals surface area contributed by atoms with Gasteiger partial charge in [-0.1, -0.05) is 19.4 Å². The lowest BCUT2D eigenvalue weighted by atomic mass is 9.94. The minimum absolute atomic E-state index is 0.0209. The first-order valence-corrected chi connectivity index (χ1v) is 12.9. The molecule has 1 saturated heterocycles. The molecule has 2 aliphatic rings. The van der Waals surface area contributed by atoms with E-state index in [9.17, 15) is 14.7 Å². The molecule has 3 aromatic rings. The first kappa shape index (κ1) is 26.1. The van der Waals surface area contributed by atoms with Gasteiger partial charge in [-0.2, -0.15) is 0 Å². The molecule has 3 heterocycles. The van der Waals surface area contributed by atoms with Crippen molar-refractivity contribution in [2.45, 2.75) is 32.4 Å². The number of benzene rings is 2. The summed E-state index contributed by atoms with van der Waals surface area (Å²) in [7, 11) is 1.54. The molecule has 2 aromatic carbocycles. The van der Waals surface area contributed by atoms with Gasteiger partial charge in [-0.05, 0) is 60.0 Å². The van der Waals surface area contributed by atoms with Gasteiger partial charge >= 0.3 is 0 Å².